The van der Waals surface area contributed by atoms with Gasteiger partial charge in [-0.2, -0.15) is 0 Å². The number of carboxylic acids is 1. The second-order valence-electron chi connectivity index (χ2n) is 5.79. The monoisotopic (exact) mass is 360 g/mol. The average Bonchev–Trinajstić information content (AvgIpc) is 2.89. The molecule has 2 aromatic rings. The quantitative estimate of drug-likeness (QED) is 0.560. The molecule has 0 fully saturated rings. The summed E-state index contributed by atoms with van der Waals surface area (Å²) in [6, 6.07) is 6.39. The predicted octanol–water partition coefficient (Wildman–Crippen LogP) is 2.62. The van der Waals surface area contributed by atoms with Gasteiger partial charge in [-0.1, -0.05) is 6.08 Å². The lowest BCUT2D eigenvalue weighted by atomic mass is 10.2. The number of halogens is 1. The van der Waals surface area contributed by atoms with Gasteiger partial charge in [-0.3, -0.25) is 4.79 Å². The third-order valence-corrected chi connectivity index (χ3v) is 3.88. The summed E-state index contributed by atoms with van der Waals surface area (Å²) in [7, 11) is 0. The summed E-state index contributed by atoms with van der Waals surface area (Å²) in [5, 5.41) is 11.7. The van der Waals surface area contributed by atoms with Crippen LogP contribution in [0.25, 0.3) is 5.69 Å². The molecule has 138 valence electrons. The van der Waals surface area contributed by atoms with Crippen LogP contribution in [0.4, 0.5) is 4.39 Å². The predicted molar refractivity (Wildman–Crippen MR) is 95.1 cm³/mol. The molecule has 1 unspecified atom stereocenters. The van der Waals surface area contributed by atoms with Crippen LogP contribution in [0.1, 0.15) is 21.7 Å². The molecule has 1 aromatic carbocycles. The van der Waals surface area contributed by atoms with Gasteiger partial charge < -0.3 is 19.7 Å². The smallest absolute Gasteiger partial charge is 0.328 e. The Bertz CT molecular complexity index is 812. The maximum atomic E-state index is 13.1. The van der Waals surface area contributed by atoms with Gasteiger partial charge >= 0.3 is 5.97 Å². The number of carboxylic acid groups (broad SMARTS) is 1. The number of benzene rings is 1. The third-order valence-electron chi connectivity index (χ3n) is 3.88. The topological polar surface area (TPSA) is 80.6 Å². The summed E-state index contributed by atoms with van der Waals surface area (Å²) in [6.45, 7) is 7.07. The fourth-order valence-corrected chi connectivity index (χ4v) is 2.66. The van der Waals surface area contributed by atoms with Crippen molar-refractivity contribution in [3.05, 3.63) is 65.8 Å². The van der Waals surface area contributed by atoms with E-state index in [0.29, 0.717) is 16.9 Å². The highest BCUT2D eigenvalue weighted by atomic mass is 19.1. The first-order valence-corrected chi connectivity index (χ1v) is 8.02. The molecule has 0 saturated carbocycles. The maximum Gasteiger partial charge on any atom is 0.328 e. The van der Waals surface area contributed by atoms with Crippen LogP contribution in [0.15, 0.2) is 43.0 Å². The molecule has 1 heterocycles. The van der Waals surface area contributed by atoms with Gasteiger partial charge in [-0.25, -0.2) is 9.18 Å². The van der Waals surface area contributed by atoms with E-state index >= 15 is 0 Å². The Labute approximate surface area is 150 Å². The van der Waals surface area contributed by atoms with E-state index < -0.39 is 17.9 Å². The normalized spacial score (nSPS) is 11.8. The molecule has 26 heavy (non-hydrogen) atoms. The Morgan fingerprint density at radius 2 is 2.00 bits per heavy atom. The zero-order valence-electron chi connectivity index (χ0n) is 14.7. The van der Waals surface area contributed by atoms with Gasteiger partial charge in [-0.05, 0) is 44.2 Å². The first-order chi connectivity index (χ1) is 12.3. The standard InChI is InChI=1S/C19H21FN2O4/c1-4-9-26-11-17(19(24)25)21-18(23)16-10-12(2)22(13(16)3)15-7-5-14(20)6-8-15/h4-8,10,17H,1,9,11H2,2-3H3,(H,21,23)(H,24,25). The Morgan fingerprint density at radius 3 is 2.58 bits per heavy atom. The van der Waals surface area contributed by atoms with Gasteiger partial charge in [0, 0.05) is 17.1 Å². The van der Waals surface area contributed by atoms with E-state index in [4.69, 9.17) is 4.74 Å². The summed E-state index contributed by atoms with van der Waals surface area (Å²) in [6.07, 6.45) is 1.50. The Balaban J connectivity index is 2.24. The van der Waals surface area contributed by atoms with Crippen LogP contribution >= 0.6 is 0 Å². The summed E-state index contributed by atoms with van der Waals surface area (Å²) >= 11 is 0. The first-order valence-electron chi connectivity index (χ1n) is 8.02. The number of nitrogens with zero attached hydrogens (tertiary/aromatic N) is 1. The van der Waals surface area contributed by atoms with Crippen molar-refractivity contribution in [2.45, 2.75) is 19.9 Å². The minimum atomic E-state index is -1.19. The van der Waals surface area contributed by atoms with Gasteiger partial charge in [0.2, 0.25) is 0 Å². The van der Waals surface area contributed by atoms with Crippen LogP contribution in [0, 0.1) is 19.7 Å². The maximum absolute atomic E-state index is 13.1. The first kappa shape index (κ1) is 19.4. The van der Waals surface area contributed by atoms with Crippen molar-refractivity contribution < 1.29 is 23.8 Å². The Morgan fingerprint density at radius 1 is 1.35 bits per heavy atom. The lowest BCUT2D eigenvalue weighted by Crippen LogP contribution is -2.44. The van der Waals surface area contributed by atoms with E-state index in [1.807, 2.05) is 6.92 Å². The lowest BCUT2D eigenvalue weighted by molar-refractivity contribution is -0.140. The van der Waals surface area contributed by atoms with E-state index in [1.54, 1.807) is 29.7 Å². The highest BCUT2D eigenvalue weighted by molar-refractivity contribution is 5.98. The molecular formula is C19H21FN2O4. The number of hydrogen-bond donors (Lipinski definition) is 2. The molecule has 0 radical (unpaired) electrons. The number of amides is 1. The molecule has 2 rings (SSSR count). The summed E-state index contributed by atoms with van der Waals surface area (Å²) in [5.74, 6) is -2.05. The van der Waals surface area contributed by atoms with Gasteiger partial charge in [0.25, 0.3) is 5.91 Å². The molecule has 0 bridgehead atoms. The van der Waals surface area contributed by atoms with Crippen LogP contribution in [-0.4, -0.2) is 40.8 Å². The number of aryl methyl sites for hydroxylation is 1. The number of carbonyl (C=O) groups excluding carboxylic acids is 1. The SMILES string of the molecule is C=CCOCC(NC(=O)c1cc(C)n(-c2ccc(F)cc2)c1C)C(=O)O. The summed E-state index contributed by atoms with van der Waals surface area (Å²) < 4.78 is 20.1. The number of ether oxygens (including phenoxy) is 1. The minimum Gasteiger partial charge on any atom is -0.480 e. The van der Waals surface area contributed by atoms with Crippen molar-refractivity contribution in [3.8, 4) is 5.69 Å². The van der Waals surface area contributed by atoms with Crippen LogP contribution in [0.3, 0.4) is 0 Å². The summed E-state index contributed by atoms with van der Waals surface area (Å²) in [5.41, 5.74) is 2.46. The minimum absolute atomic E-state index is 0.163. The molecule has 1 amide bonds. The van der Waals surface area contributed by atoms with Crippen LogP contribution < -0.4 is 5.32 Å². The molecule has 0 aliphatic heterocycles. The van der Waals surface area contributed by atoms with Gasteiger partial charge in [0.05, 0.1) is 18.8 Å². The Kier molecular flexibility index (Phi) is 6.30. The van der Waals surface area contributed by atoms with Crippen molar-refractivity contribution in [1.82, 2.24) is 9.88 Å². The molecule has 0 aliphatic rings. The molecule has 1 atom stereocenters. The van der Waals surface area contributed by atoms with Crippen molar-refractivity contribution >= 4 is 11.9 Å². The highest BCUT2D eigenvalue weighted by Crippen LogP contribution is 2.21. The van der Waals surface area contributed by atoms with Crippen molar-refractivity contribution in [1.29, 1.82) is 0 Å². The largest absolute Gasteiger partial charge is 0.480 e. The molecule has 7 heteroatoms. The molecule has 0 spiro atoms. The molecule has 2 N–H and O–H groups in total. The lowest BCUT2D eigenvalue weighted by Gasteiger charge is -2.14. The van der Waals surface area contributed by atoms with Crippen LogP contribution in [0.5, 0.6) is 0 Å². The van der Waals surface area contributed by atoms with E-state index in [2.05, 4.69) is 11.9 Å². The summed E-state index contributed by atoms with van der Waals surface area (Å²) in [4.78, 5) is 23.9. The molecule has 0 saturated heterocycles. The second kappa shape index (κ2) is 8.44. The van der Waals surface area contributed by atoms with E-state index in [1.165, 1.54) is 18.2 Å². The van der Waals surface area contributed by atoms with Gasteiger partial charge in [-0.15, -0.1) is 6.58 Å². The van der Waals surface area contributed by atoms with E-state index in [-0.39, 0.29) is 19.0 Å². The number of nitrogens with one attached hydrogen (secondary N) is 1. The van der Waals surface area contributed by atoms with Crippen LogP contribution in [0.2, 0.25) is 0 Å². The third kappa shape index (κ3) is 4.37. The van der Waals surface area contributed by atoms with Gasteiger partial charge in [0.1, 0.15) is 5.82 Å². The van der Waals surface area contributed by atoms with Crippen molar-refractivity contribution in [2.75, 3.05) is 13.2 Å². The van der Waals surface area contributed by atoms with E-state index in [9.17, 15) is 19.1 Å². The number of hydrogen-bond acceptors (Lipinski definition) is 3. The Hall–Kier alpha value is -2.93. The molecular weight excluding hydrogens is 339 g/mol. The zero-order valence-corrected chi connectivity index (χ0v) is 14.7. The van der Waals surface area contributed by atoms with Crippen molar-refractivity contribution in [3.63, 3.8) is 0 Å². The molecule has 1 aromatic heterocycles. The number of aromatic nitrogens is 1. The van der Waals surface area contributed by atoms with Crippen molar-refractivity contribution in [2.24, 2.45) is 0 Å². The second-order valence-corrected chi connectivity index (χ2v) is 5.79. The van der Waals surface area contributed by atoms with Crippen LogP contribution in [-0.2, 0) is 9.53 Å². The number of aliphatic carboxylic acids is 1. The average molecular weight is 360 g/mol. The number of rotatable bonds is 8. The molecule has 0 aliphatic carbocycles. The fourth-order valence-electron chi connectivity index (χ4n) is 2.66. The number of carbonyl (C=O) groups is 2. The zero-order chi connectivity index (χ0) is 19.3. The molecule has 6 nitrogen and oxygen atoms in total. The van der Waals surface area contributed by atoms with Gasteiger partial charge in [0.15, 0.2) is 6.04 Å². The van der Waals surface area contributed by atoms with E-state index in [0.717, 1.165) is 5.69 Å². The fraction of sp³-hybridized carbons (Fsp3) is 0.263. The highest BCUT2D eigenvalue weighted by Gasteiger charge is 2.23.